The van der Waals surface area contributed by atoms with Crippen LogP contribution in [0.2, 0.25) is 0 Å². The van der Waals surface area contributed by atoms with E-state index in [0.29, 0.717) is 0 Å². The molecule has 0 radical (unpaired) electrons. The third-order valence-corrected chi connectivity index (χ3v) is 5.09. The zero-order chi connectivity index (χ0) is 12.8. The minimum Gasteiger partial charge on any atom is -0.317 e. The van der Waals surface area contributed by atoms with Gasteiger partial charge in [-0.05, 0) is 57.2 Å². The van der Waals surface area contributed by atoms with E-state index in [9.17, 15) is 0 Å². The van der Waals surface area contributed by atoms with Gasteiger partial charge in [0.25, 0.3) is 0 Å². The molecule has 2 unspecified atom stereocenters. The van der Waals surface area contributed by atoms with Crippen molar-refractivity contribution in [2.75, 3.05) is 26.2 Å². The van der Waals surface area contributed by atoms with Crippen LogP contribution in [-0.4, -0.2) is 37.1 Å². The average Bonchev–Trinajstić information content (AvgIpc) is 2.65. The maximum absolute atomic E-state index is 3.52. The first-order chi connectivity index (χ1) is 8.81. The van der Waals surface area contributed by atoms with E-state index in [1.54, 1.807) is 0 Å². The van der Waals surface area contributed by atoms with Crippen LogP contribution in [-0.2, 0) is 0 Å². The van der Waals surface area contributed by atoms with Crippen LogP contribution in [0.25, 0.3) is 0 Å². The number of nitrogens with one attached hydrogen (secondary N) is 1. The first-order valence-corrected chi connectivity index (χ1v) is 8.26. The Bertz CT molecular complexity index is 223. The van der Waals surface area contributed by atoms with E-state index in [4.69, 9.17) is 0 Å². The second-order valence-corrected chi connectivity index (χ2v) is 6.51. The number of hydrogen-bond acceptors (Lipinski definition) is 2. The van der Waals surface area contributed by atoms with Crippen molar-refractivity contribution in [3.63, 3.8) is 0 Å². The Morgan fingerprint density at radius 2 is 1.89 bits per heavy atom. The third-order valence-electron chi connectivity index (χ3n) is 5.09. The van der Waals surface area contributed by atoms with Crippen molar-refractivity contribution >= 4 is 0 Å². The number of hydrogen-bond donors (Lipinski definition) is 1. The minimum atomic E-state index is 0.868. The van der Waals surface area contributed by atoms with Crippen molar-refractivity contribution in [2.24, 2.45) is 11.8 Å². The molecular weight excluding hydrogens is 220 g/mol. The fourth-order valence-electron chi connectivity index (χ4n) is 3.71. The maximum atomic E-state index is 3.52. The highest BCUT2D eigenvalue weighted by molar-refractivity contribution is 4.85. The molecule has 2 aliphatic heterocycles. The molecule has 106 valence electrons. The van der Waals surface area contributed by atoms with Crippen LogP contribution in [0.5, 0.6) is 0 Å². The van der Waals surface area contributed by atoms with Crippen molar-refractivity contribution in [3.05, 3.63) is 0 Å². The van der Waals surface area contributed by atoms with Gasteiger partial charge in [-0.2, -0.15) is 0 Å². The normalized spacial score (nSPS) is 30.0. The summed E-state index contributed by atoms with van der Waals surface area (Å²) in [6.07, 6.45) is 9.95. The standard InChI is InChI=1S/C16H32N2/c1-3-14(2)13-18-12-6-4-5-7-16(18)15-8-10-17-11-9-15/h14-17H,3-13H2,1-2H3. The molecular formula is C16H32N2. The molecule has 2 rings (SSSR count). The van der Waals surface area contributed by atoms with E-state index < -0.39 is 0 Å². The molecule has 0 bridgehead atoms. The second-order valence-electron chi connectivity index (χ2n) is 6.51. The Morgan fingerprint density at radius 1 is 1.11 bits per heavy atom. The van der Waals surface area contributed by atoms with Gasteiger partial charge in [0.1, 0.15) is 0 Å². The Labute approximate surface area is 114 Å². The fraction of sp³-hybridized carbons (Fsp3) is 1.00. The van der Waals surface area contributed by atoms with E-state index >= 15 is 0 Å². The predicted octanol–water partition coefficient (Wildman–Crippen LogP) is 3.28. The van der Waals surface area contributed by atoms with Crippen molar-refractivity contribution in [1.29, 1.82) is 0 Å². The zero-order valence-electron chi connectivity index (χ0n) is 12.5. The summed E-state index contributed by atoms with van der Waals surface area (Å²) in [5.41, 5.74) is 0. The van der Waals surface area contributed by atoms with Crippen LogP contribution < -0.4 is 5.32 Å². The maximum Gasteiger partial charge on any atom is 0.0125 e. The first-order valence-electron chi connectivity index (χ1n) is 8.26. The van der Waals surface area contributed by atoms with Crippen molar-refractivity contribution in [1.82, 2.24) is 10.2 Å². The molecule has 18 heavy (non-hydrogen) atoms. The van der Waals surface area contributed by atoms with Crippen LogP contribution >= 0.6 is 0 Å². The van der Waals surface area contributed by atoms with Crippen LogP contribution in [0, 0.1) is 11.8 Å². The molecule has 0 aromatic rings. The van der Waals surface area contributed by atoms with E-state index in [1.165, 1.54) is 71.1 Å². The number of piperidine rings is 1. The number of rotatable bonds is 4. The molecule has 2 heteroatoms. The summed E-state index contributed by atoms with van der Waals surface area (Å²) in [4.78, 5) is 2.86. The van der Waals surface area contributed by atoms with Crippen LogP contribution in [0.4, 0.5) is 0 Å². The lowest BCUT2D eigenvalue weighted by Gasteiger charge is -2.39. The van der Waals surface area contributed by atoms with Gasteiger partial charge >= 0.3 is 0 Å². The molecule has 2 aliphatic rings. The molecule has 2 fully saturated rings. The van der Waals surface area contributed by atoms with Crippen LogP contribution in [0.3, 0.4) is 0 Å². The molecule has 0 aromatic heterocycles. The molecule has 0 saturated carbocycles. The molecule has 2 atom stereocenters. The predicted molar refractivity (Wildman–Crippen MR) is 78.9 cm³/mol. The Kier molecular flexibility index (Phi) is 5.97. The van der Waals surface area contributed by atoms with E-state index in [1.807, 2.05) is 0 Å². The summed E-state index contributed by atoms with van der Waals surface area (Å²) in [6, 6.07) is 0.892. The van der Waals surface area contributed by atoms with Crippen LogP contribution in [0.15, 0.2) is 0 Å². The smallest absolute Gasteiger partial charge is 0.0125 e. The Morgan fingerprint density at radius 3 is 2.61 bits per heavy atom. The molecule has 0 amide bonds. The quantitative estimate of drug-likeness (QED) is 0.826. The molecule has 1 N–H and O–H groups in total. The SMILES string of the molecule is CCC(C)CN1CCCCCC1C1CCNCC1. The van der Waals surface area contributed by atoms with Gasteiger partial charge in [0.2, 0.25) is 0 Å². The highest BCUT2D eigenvalue weighted by Gasteiger charge is 2.29. The Balaban J connectivity index is 1.96. The lowest BCUT2D eigenvalue weighted by atomic mass is 9.86. The zero-order valence-corrected chi connectivity index (χ0v) is 12.5. The minimum absolute atomic E-state index is 0.868. The van der Waals surface area contributed by atoms with Gasteiger partial charge in [0.05, 0.1) is 0 Å². The molecule has 0 aliphatic carbocycles. The van der Waals surface area contributed by atoms with E-state index in [-0.39, 0.29) is 0 Å². The Hall–Kier alpha value is -0.0800. The average molecular weight is 252 g/mol. The third kappa shape index (κ3) is 3.96. The lowest BCUT2D eigenvalue weighted by Crippen LogP contribution is -2.45. The topological polar surface area (TPSA) is 15.3 Å². The van der Waals surface area contributed by atoms with Gasteiger partial charge in [0.15, 0.2) is 0 Å². The lowest BCUT2D eigenvalue weighted by molar-refractivity contribution is 0.106. The highest BCUT2D eigenvalue weighted by atomic mass is 15.2. The van der Waals surface area contributed by atoms with E-state index in [0.717, 1.165) is 17.9 Å². The molecule has 0 spiro atoms. The monoisotopic (exact) mass is 252 g/mol. The summed E-state index contributed by atoms with van der Waals surface area (Å²) in [6.45, 7) is 9.95. The van der Waals surface area contributed by atoms with Gasteiger partial charge in [-0.25, -0.2) is 0 Å². The summed E-state index contributed by atoms with van der Waals surface area (Å²) in [5, 5.41) is 3.52. The largest absolute Gasteiger partial charge is 0.317 e. The summed E-state index contributed by atoms with van der Waals surface area (Å²) in [7, 11) is 0. The van der Waals surface area contributed by atoms with Crippen molar-refractivity contribution in [2.45, 2.75) is 64.8 Å². The molecule has 2 saturated heterocycles. The van der Waals surface area contributed by atoms with Crippen molar-refractivity contribution < 1.29 is 0 Å². The second kappa shape index (κ2) is 7.49. The summed E-state index contributed by atoms with van der Waals surface area (Å²) < 4.78 is 0. The van der Waals surface area contributed by atoms with Gasteiger partial charge in [0, 0.05) is 12.6 Å². The number of likely N-dealkylation sites (tertiary alicyclic amines) is 1. The van der Waals surface area contributed by atoms with Gasteiger partial charge in [-0.3, -0.25) is 4.90 Å². The van der Waals surface area contributed by atoms with Gasteiger partial charge in [-0.15, -0.1) is 0 Å². The molecule has 2 nitrogen and oxygen atoms in total. The highest BCUT2D eigenvalue weighted by Crippen LogP contribution is 2.29. The van der Waals surface area contributed by atoms with Gasteiger partial charge in [-0.1, -0.05) is 33.1 Å². The van der Waals surface area contributed by atoms with Crippen LogP contribution in [0.1, 0.15) is 58.8 Å². The summed E-state index contributed by atoms with van der Waals surface area (Å²) in [5.74, 6) is 1.83. The van der Waals surface area contributed by atoms with Crippen molar-refractivity contribution in [3.8, 4) is 0 Å². The summed E-state index contributed by atoms with van der Waals surface area (Å²) >= 11 is 0. The van der Waals surface area contributed by atoms with Gasteiger partial charge < -0.3 is 5.32 Å². The van der Waals surface area contributed by atoms with E-state index in [2.05, 4.69) is 24.1 Å². The molecule has 2 heterocycles. The molecule has 0 aromatic carbocycles. The first kappa shape index (κ1) is 14.3. The fourth-order valence-corrected chi connectivity index (χ4v) is 3.71. The number of nitrogens with zero attached hydrogens (tertiary/aromatic N) is 1.